The molecule has 2 heterocycles. The number of amides is 1. The Balaban J connectivity index is 1.71. The van der Waals surface area contributed by atoms with Gasteiger partial charge in [0, 0.05) is 17.0 Å². The molecule has 0 aliphatic carbocycles. The summed E-state index contributed by atoms with van der Waals surface area (Å²) in [5.41, 5.74) is 1.69. The molecule has 1 unspecified atom stereocenters. The van der Waals surface area contributed by atoms with Crippen molar-refractivity contribution in [2.45, 2.75) is 19.4 Å². The van der Waals surface area contributed by atoms with E-state index in [4.69, 9.17) is 4.74 Å². The van der Waals surface area contributed by atoms with E-state index in [1.807, 2.05) is 54.8 Å². The molecule has 3 aromatic rings. The van der Waals surface area contributed by atoms with E-state index in [-0.39, 0.29) is 11.3 Å². The molecular weight excluding hydrogens is 410 g/mol. The fourth-order valence-corrected chi connectivity index (χ4v) is 4.62. The lowest BCUT2D eigenvalue weighted by atomic mass is 9.99. The maximum Gasteiger partial charge on any atom is 0.295 e. The maximum absolute atomic E-state index is 13.0. The maximum atomic E-state index is 13.0. The van der Waals surface area contributed by atoms with Crippen LogP contribution in [0.4, 0.5) is 0 Å². The first kappa shape index (κ1) is 20.9. The van der Waals surface area contributed by atoms with Crippen molar-refractivity contribution in [2.24, 2.45) is 0 Å². The Morgan fingerprint density at radius 3 is 2.42 bits per heavy atom. The third kappa shape index (κ3) is 4.25. The van der Waals surface area contributed by atoms with Gasteiger partial charge in [-0.05, 0) is 54.6 Å². The summed E-state index contributed by atoms with van der Waals surface area (Å²) >= 11 is 1.46. The van der Waals surface area contributed by atoms with Gasteiger partial charge in [0.25, 0.3) is 11.7 Å². The quantitative estimate of drug-likeness (QED) is 0.330. The fourth-order valence-electron chi connectivity index (χ4n) is 3.78. The van der Waals surface area contributed by atoms with Gasteiger partial charge in [0.2, 0.25) is 0 Å². The summed E-state index contributed by atoms with van der Waals surface area (Å²) < 4.78 is 5.45. The number of hydrogen-bond acceptors (Lipinski definition) is 5. The van der Waals surface area contributed by atoms with E-state index >= 15 is 0 Å². The second-order valence-electron chi connectivity index (χ2n) is 7.20. The highest BCUT2D eigenvalue weighted by Crippen LogP contribution is 2.41. The van der Waals surface area contributed by atoms with Crippen LogP contribution in [0.15, 0.2) is 77.7 Å². The molecule has 1 N–H and O–H groups in total. The highest BCUT2D eigenvalue weighted by molar-refractivity contribution is 7.10. The van der Waals surface area contributed by atoms with Gasteiger partial charge in [-0.3, -0.25) is 9.59 Å². The number of aliphatic hydroxyl groups is 1. The minimum absolute atomic E-state index is 0.129. The van der Waals surface area contributed by atoms with Crippen LogP contribution in [0.5, 0.6) is 5.75 Å². The van der Waals surface area contributed by atoms with E-state index in [1.165, 1.54) is 11.3 Å². The number of rotatable bonds is 7. The van der Waals surface area contributed by atoms with Crippen molar-refractivity contribution in [3.8, 4) is 5.75 Å². The molecule has 1 aromatic heterocycles. The third-order valence-electron chi connectivity index (χ3n) is 5.28. The number of aliphatic hydroxyl groups excluding tert-OH is 1. The standard InChI is InChI=1S/C25H23NO4S/c1-2-30-19-12-10-18(11-13-19)23(27)21-22(20-9-6-16-31-20)26(25(29)24(21)28)15-14-17-7-4-3-5-8-17/h3-13,16,22,27H,2,14-15H2,1H3. The lowest BCUT2D eigenvalue weighted by molar-refractivity contribution is -0.139. The molecule has 1 amide bonds. The van der Waals surface area contributed by atoms with Crippen molar-refractivity contribution in [1.82, 2.24) is 4.90 Å². The normalized spacial score (nSPS) is 17.8. The van der Waals surface area contributed by atoms with E-state index in [0.29, 0.717) is 30.9 Å². The first-order valence-electron chi connectivity index (χ1n) is 10.2. The molecule has 0 saturated carbocycles. The minimum Gasteiger partial charge on any atom is -0.507 e. The molecule has 2 aromatic carbocycles. The van der Waals surface area contributed by atoms with E-state index in [1.54, 1.807) is 29.2 Å². The van der Waals surface area contributed by atoms with Crippen LogP contribution in [0.2, 0.25) is 0 Å². The molecule has 1 aliphatic heterocycles. The summed E-state index contributed by atoms with van der Waals surface area (Å²) in [4.78, 5) is 28.3. The molecule has 1 aliphatic rings. The van der Waals surface area contributed by atoms with Crippen LogP contribution in [0.1, 0.15) is 29.0 Å². The monoisotopic (exact) mass is 433 g/mol. The predicted molar refractivity (Wildman–Crippen MR) is 121 cm³/mol. The number of thiophene rings is 1. The molecule has 0 radical (unpaired) electrons. The van der Waals surface area contributed by atoms with Crippen LogP contribution in [-0.4, -0.2) is 34.8 Å². The molecule has 0 spiro atoms. The number of carbonyl (C=O) groups excluding carboxylic acids is 2. The van der Waals surface area contributed by atoms with Gasteiger partial charge in [-0.15, -0.1) is 11.3 Å². The van der Waals surface area contributed by atoms with Gasteiger partial charge in [-0.25, -0.2) is 0 Å². The Morgan fingerprint density at radius 1 is 1.03 bits per heavy atom. The van der Waals surface area contributed by atoms with Crippen molar-refractivity contribution in [3.63, 3.8) is 0 Å². The highest BCUT2D eigenvalue weighted by atomic mass is 32.1. The van der Waals surface area contributed by atoms with Crippen LogP contribution >= 0.6 is 11.3 Å². The number of carbonyl (C=O) groups is 2. The average Bonchev–Trinajstić information content (AvgIpc) is 3.41. The van der Waals surface area contributed by atoms with E-state index in [2.05, 4.69) is 0 Å². The van der Waals surface area contributed by atoms with E-state index in [9.17, 15) is 14.7 Å². The zero-order valence-electron chi connectivity index (χ0n) is 17.2. The van der Waals surface area contributed by atoms with Gasteiger partial charge in [0.15, 0.2) is 0 Å². The molecule has 4 rings (SSSR count). The van der Waals surface area contributed by atoms with E-state index < -0.39 is 17.7 Å². The SMILES string of the molecule is CCOc1ccc(C(O)=C2C(=O)C(=O)N(CCc3ccccc3)C2c2cccs2)cc1. The second kappa shape index (κ2) is 9.18. The zero-order chi connectivity index (χ0) is 21.8. The van der Waals surface area contributed by atoms with Gasteiger partial charge < -0.3 is 14.7 Å². The predicted octanol–water partition coefficient (Wildman–Crippen LogP) is 4.81. The topological polar surface area (TPSA) is 66.8 Å². The average molecular weight is 434 g/mol. The third-order valence-corrected chi connectivity index (χ3v) is 6.20. The molecule has 31 heavy (non-hydrogen) atoms. The highest BCUT2D eigenvalue weighted by Gasteiger charge is 2.46. The lowest BCUT2D eigenvalue weighted by Crippen LogP contribution is -2.31. The van der Waals surface area contributed by atoms with Crippen molar-refractivity contribution in [1.29, 1.82) is 0 Å². The Bertz CT molecular complexity index is 1090. The van der Waals surface area contributed by atoms with Crippen LogP contribution in [-0.2, 0) is 16.0 Å². The van der Waals surface area contributed by atoms with Crippen molar-refractivity contribution in [2.75, 3.05) is 13.2 Å². The molecule has 0 bridgehead atoms. The summed E-state index contributed by atoms with van der Waals surface area (Å²) in [5.74, 6) is -0.723. The molecule has 1 fully saturated rings. The van der Waals surface area contributed by atoms with Crippen molar-refractivity contribution < 1.29 is 19.4 Å². The van der Waals surface area contributed by atoms with Crippen LogP contribution in [0.3, 0.4) is 0 Å². The van der Waals surface area contributed by atoms with Crippen molar-refractivity contribution >= 4 is 28.8 Å². The number of ether oxygens (including phenoxy) is 1. The first-order chi connectivity index (χ1) is 15.1. The number of ketones is 1. The number of Topliss-reactive ketones (excluding diaryl/α,β-unsaturated/α-hetero) is 1. The Morgan fingerprint density at radius 2 is 1.77 bits per heavy atom. The fraction of sp³-hybridized carbons (Fsp3) is 0.200. The number of hydrogen-bond donors (Lipinski definition) is 1. The zero-order valence-corrected chi connectivity index (χ0v) is 18.0. The number of likely N-dealkylation sites (tertiary alicyclic amines) is 1. The van der Waals surface area contributed by atoms with Gasteiger partial charge in [0.05, 0.1) is 18.2 Å². The summed E-state index contributed by atoms with van der Waals surface area (Å²) in [6, 6.07) is 19.9. The summed E-state index contributed by atoms with van der Waals surface area (Å²) in [6.45, 7) is 2.82. The number of nitrogens with zero attached hydrogens (tertiary/aromatic N) is 1. The van der Waals surface area contributed by atoms with Gasteiger partial charge in [-0.1, -0.05) is 36.4 Å². The Hall–Kier alpha value is -3.38. The van der Waals surface area contributed by atoms with Gasteiger partial charge in [0.1, 0.15) is 11.5 Å². The molecule has 1 saturated heterocycles. The van der Waals surface area contributed by atoms with Crippen LogP contribution in [0.25, 0.3) is 5.76 Å². The second-order valence-corrected chi connectivity index (χ2v) is 8.18. The van der Waals surface area contributed by atoms with Gasteiger partial charge >= 0.3 is 0 Å². The molecule has 5 nitrogen and oxygen atoms in total. The lowest BCUT2D eigenvalue weighted by Gasteiger charge is -2.24. The van der Waals surface area contributed by atoms with E-state index in [0.717, 1.165) is 10.4 Å². The van der Waals surface area contributed by atoms with Crippen molar-refractivity contribution in [3.05, 3.63) is 93.7 Å². The molecule has 6 heteroatoms. The largest absolute Gasteiger partial charge is 0.507 e. The van der Waals surface area contributed by atoms with Gasteiger partial charge in [-0.2, -0.15) is 0 Å². The number of benzene rings is 2. The summed E-state index contributed by atoms with van der Waals surface area (Å²) in [7, 11) is 0. The smallest absolute Gasteiger partial charge is 0.295 e. The summed E-state index contributed by atoms with van der Waals surface area (Å²) in [5, 5.41) is 13.0. The Kier molecular flexibility index (Phi) is 6.18. The minimum atomic E-state index is -0.655. The molecule has 158 valence electrons. The molecule has 1 atom stereocenters. The van der Waals surface area contributed by atoms with Crippen LogP contribution in [0, 0.1) is 0 Å². The molecular formula is C25H23NO4S. The van der Waals surface area contributed by atoms with Crippen LogP contribution < -0.4 is 4.74 Å². The Labute approximate surface area is 185 Å². The summed E-state index contributed by atoms with van der Waals surface area (Å²) in [6.07, 6.45) is 0.624. The first-order valence-corrected chi connectivity index (χ1v) is 11.1.